The van der Waals surface area contributed by atoms with Crippen molar-refractivity contribution < 1.29 is 4.79 Å². The second-order valence-corrected chi connectivity index (χ2v) is 6.38. The van der Waals surface area contributed by atoms with Gasteiger partial charge in [0.15, 0.2) is 0 Å². The average molecular weight is 373 g/mol. The molecular weight excluding hydrogens is 354 g/mol. The minimum absolute atomic E-state index is 0.141. The monoisotopic (exact) mass is 373 g/mol. The maximum Gasteiger partial charge on any atom is 0.266 e. The Kier molecular flexibility index (Phi) is 4.72. The molecule has 7 heteroatoms. The summed E-state index contributed by atoms with van der Waals surface area (Å²) in [5.41, 5.74) is 3.97. The lowest BCUT2D eigenvalue weighted by molar-refractivity contribution is -0.118. The molecule has 0 fully saturated rings. The Morgan fingerprint density at radius 1 is 1.00 bits per heavy atom. The van der Waals surface area contributed by atoms with Gasteiger partial charge in [0, 0.05) is 31.3 Å². The lowest BCUT2D eigenvalue weighted by atomic mass is 10.0. The maximum absolute atomic E-state index is 12.2. The molecule has 0 aliphatic rings. The summed E-state index contributed by atoms with van der Waals surface area (Å²) in [5, 5.41) is 12.0. The predicted molar refractivity (Wildman–Crippen MR) is 107 cm³/mol. The van der Waals surface area contributed by atoms with Crippen LogP contribution >= 0.6 is 0 Å². The zero-order valence-electron chi connectivity index (χ0n) is 15.4. The molecule has 1 aromatic carbocycles. The number of amides is 1. The maximum atomic E-state index is 12.2. The third kappa shape index (κ3) is 3.42. The van der Waals surface area contributed by atoms with Crippen LogP contribution in [0.1, 0.15) is 6.92 Å². The van der Waals surface area contributed by atoms with Gasteiger partial charge in [0.1, 0.15) is 5.69 Å². The molecule has 3 heterocycles. The summed E-state index contributed by atoms with van der Waals surface area (Å²) in [4.78, 5) is 23.3. The van der Waals surface area contributed by atoms with Crippen molar-refractivity contribution >= 4 is 11.4 Å². The Hall–Kier alpha value is -3.74. The molecule has 1 N–H and O–H groups in total. The third-order valence-corrected chi connectivity index (χ3v) is 4.41. The van der Waals surface area contributed by atoms with Crippen molar-refractivity contribution in [1.82, 2.24) is 24.7 Å². The number of carbonyl (C=O) groups excluding carboxylic acids is 1. The lowest BCUT2D eigenvalue weighted by Gasteiger charge is -2.08. The van der Waals surface area contributed by atoms with E-state index in [0.29, 0.717) is 18.8 Å². The van der Waals surface area contributed by atoms with Gasteiger partial charge in [0.25, 0.3) is 5.56 Å². The van der Waals surface area contributed by atoms with Crippen molar-refractivity contribution in [3.8, 4) is 22.5 Å². The number of aromatic nitrogens is 4. The van der Waals surface area contributed by atoms with Crippen LogP contribution < -0.4 is 10.9 Å². The van der Waals surface area contributed by atoms with Crippen molar-refractivity contribution in [2.24, 2.45) is 0 Å². The Labute approximate surface area is 161 Å². The van der Waals surface area contributed by atoms with Gasteiger partial charge in [-0.2, -0.15) is 10.2 Å². The molecule has 7 nitrogen and oxygen atoms in total. The molecule has 0 saturated heterocycles. The third-order valence-electron chi connectivity index (χ3n) is 4.41. The van der Waals surface area contributed by atoms with Crippen LogP contribution in [0.25, 0.3) is 28.0 Å². The smallest absolute Gasteiger partial charge is 0.266 e. The Balaban J connectivity index is 1.85. The molecule has 0 spiro atoms. The molecule has 0 saturated carbocycles. The minimum Gasteiger partial charge on any atom is -0.354 e. The van der Waals surface area contributed by atoms with E-state index in [2.05, 4.69) is 10.4 Å². The van der Waals surface area contributed by atoms with E-state index >= 15 is 0 Å². The van der Waals surface area contributed by atoms with Crippen molar-refractivity contribution in [2.45, 2.75) is 13.5 Å². The highest BCUT2D eigenvalue weighted by Crippen LogP contribution is 2.33. The van der Waals surface area contributed by atoms with E-state index in [1.165, 1.54) is 17.7 Å². The fourth-order valence-electron chi connectivity index (χ4n) is 3.13. The highest BCUT2D eigenvalue weighted by Gasteiger charge is 2.18. The van der Waals surface area contributed by atoms with Crippen LogP contribution in [-0.2, 0) is 11.3 Å². The van der Waals surface area contributed by atoms with Crippen molar-refractivity contribution in [2.75, 3.05) is 6.54 Å². The molecule has 0 aliphatic carbocycles. The first-order chi connectivity index (χ1) is 13.6. The SMILES string of the molecule is CC(=O)NCCn1nc(-c2c(-c3ccccc3)nn3ccccc23)ccc1=O. The first-order valence-electron chi connectivity index (χ1n) is 8.99. The van der Waals surface area contributed by atoms with Crippen LogP contribution in [0.2, 0.25) is 0 Å². The quantitative estimate of drug-likeness (QED) is 0.582. The van der Waals surface area contributed by atoms with Crippen molar-refractivity contribution in [3.63, 3.8) is 0 Å². The van der Waals surface area contributed by atoms with Gasteiger partial charge >= 0.3 is 0 Å². The fraction of sp³-hybridized carbons (Fsp3) is 0.143. The number of rotatable bonds is 5. The molecule has 140 valence electrons. The first kappa shape index (κ1) is 17.7. The number of nitrogens with one attached hydrogen (secondary N) is 1. The van der Waals surface area contributed by atoms with E-state index in [9.17, 15) is 9.59 Å². The Morgan fingerprint density at radius 2 is 1.79 bits per heavy atom. The van der Waals surface area contributed by atoms with Crippen LogP contribution in [0.3, 0.4) is 0 Å². The molecule has 0 radical (unpaired) electrons. The van der Waals surface area contributed by atoms with E-state index in [4.69, 9.17) is 5.10 Å². The Morgan fingerprint density at radius 3 is 2.57 bits per heavy atom. The molecule has 4 rings (SSSR count). The second kappa shape index (κ2) is 7.48. The summed E-state index contributed by atoms with van der Waals surface area (Å²) in [6, 6.07) is 18.9. The molecule has 0 bridgehead atoms. The molecule has 0 aliphatic heterocycles. The van der Waals surface area contributed by atoms with E-state index in [1.54, 1.807) is 6.07 Å². The number of hydrogen-bond donors (Lipinski definition) is 1. The largest absolute Gasteiger partial charge is 0.354 e. The number of nitrogens with zero attached hydrogens (tertiary/aromatic N) is 4. The van der Waals surface area contributed by atoms with Crippen LogP contribution in [0.5, 0.6) is 0 Å². The first-order valence-corrected chi connectivity index (χ1v) is 8.99. The standard InChI is InChI=1S/C21H19N5O2/c1-15(27)22-12-14-26-19(28)11-10-17(23-26)20-18-9-5-6-13-25(18)24-21(20)16-7-3-2-4-8-16/h2-11,13H,12,14H2,1H3,(H,22,27). The summed E-state index contributed by atoms with van der Waals surface area (Å²) >= 11 is 0. The van der Waals surface area contributed by atoms with Gasteiger partial charge in [0.2, 0.25) is 5.91 Å². The van der Waals surface area contributed by atoms with Gasteiger partial charge in [-0.15, -0.1) is 0 Å². The summed E-state index contributed by atoms with van der Waals surface area (Å²) in [7, 11) is 0. The van der Waals surface area contributed by atoms with Crippen LogP contribution in [0.15, 0.2) is 71.7 Å². The number of pyridine rings is 1. The highest BCUT2D eigenvalue weighted by atomic mass is 16.1. The van der Waals surface area contributed by atoms with Gasteiger partial charge in [-0.1, -0.05) is 36.4 Å². The zero-order chi connectivity index (χ0) is 19.5. The van der Waals surface area contributed by atoms with Gasteiger partial charge in [0.05, 0.1) is 23.3 Å². The number of benzene rings is 1. The summed E-state index contributed by atoms with van der Waals surface area (Å²) in [5.74, 6) is -0.141. The molecule has 1 amide bonds. The summed E-state index contributed by atoms with van der Waals surface area (Å²) in [6.45, 7) is 2.08. The van der Waals surface area contributed by atoms with Gasteiger partial charge < -0.3 is 5.32 Å². The number of carbonyl (C=O) groups is 1. The lowest BCUT2D eigenvalue weighted by Crippen LogP contribution is -2.30. The van der Waals surface area contributed by atoms with Crippen molar-refractivity contribution in [1.29, 1.82) is 0 Å². The van der Waals surface area contributed by atoms with E-state index in [-0.39, 0.29) is 11.5 Å². The topological polar surface area (TPSA) is 81.3 Å². The molecule has 0 atom stereocenters. The fourth-order valence-corrected chi connectivity index (χ4v) is 3.13. The molecular formula is C21H19N5O2. The van der Waals surface area contributed by atoms with Gasteiger partial charge in [-0.3, -0.25) is 9.59 Å². The van der Waals surface area contributed by atoms with Crippen molar-refractivity contribution in [3.05, 3.63) is 77.2 Å². The molecule has 0 unspecified atom stereocenters. The highest BCUT2D eigenvalue weighted by molar-refractivity contribution is 5.90. The van der Waals surface area contributed by atoms with E-state index in [1.807, 2.05) is 59.2 Å². The molecule has 3 aromatic heterocycles. The average Bonchev–Trinajstić information content (AvgIpc) is 3.09. The van der Waals surface area contributed by atoms with Gasteiger partial charge in [-0.05, 0) is 18.2 Å². The van der Waals surface area contributed by atoms with Crippen LogP contribution in [-0.4, -0.2) is 31.8 Å². The normalized spacial score (nSPS) is 10.9. The van der Waals surface area contributed by atoms with Gasteiger partial charge in [-0.25, -0.2) is 9.20 Å². The zero-order valence-corrected chi connectivity index (χ0v) is 15.4. The molecule has 28 heavy (non-hydrogen) atoms. The van der Waals surface area contributed by atoms with E-state index < -0.39 is 0 Å². The van der Waals surface area contributed by atoms with E-state index in [0.717, 1.165) is 22.3 Å². The van der Waals surface area contributed by atoms with Crippen LogP contribution in [0.4, 0.5) is 0 Å². The Bertz CT molecular complexity index is 1190. The predicted octanol–water partition coefficient (Wildman–Crippen LogP) is 2.36. The number of fused-ring (bicyclic) bond motifs is 1. The molecule has 4 aromatic rings. The summed E-state index contributed by atoms with van der Waals surface area (Å²) < 4.78 is 3.18. The second-order valence-electron chi connectivity index (χ2n) is 6.38. The van der Waals surface area contributed by atoms with Crippen LogP contribution in [0, 0.1) is 0 Å². The minimum atomic E-state index is -0.216. The summed E-state index contributed by atoms with van der Waals surface area (Å²) in [6.07, 6.45) is 1.89. The number of hydrogen-bond acceptors (Lipinski definition) is 4.